The second-order valence-electron chi connectivity index (χ2n) is 5.44. The fourth-order valence-electron chi connectivity index (χ4n) is 2.60. The van der Waals surface area contributed by atoms with Gasteiger partial charge in [-0.15, -0.1) is 0 Å². The lowest BCUT2D eigenvalue weighted by molar-refractivity contribution is 0.0644. The number of piperidine rings is 1. The number of aryl methyl sites for hydroxylation is 1. The van der Waals surface area contributed by atoms with Crippen molar-refractivity contribution in [3.63, 3.8) is 0 Å². The number of carbonyl (C=O) groups is 1. The predicted octanol–water partition coefficient (Wildman–Crippen LogP) is 2.92. The van der Waals surface area contributed by atoms with Crippen molar-refractivity contribution in [2.24, 2.45) is 0 Å². The van der Waals surface area contributed by atoms with Crippen molar-refractivity contribution in [3.8, 4) is 0 Å². The molecule has 1 atom stereocenters. The Morgan fingerprint density at radius 2 is 2.21 bits per heavy atom. The second kappa shape index (κ2) is 6.06. The molecule has 2 rings (SSSR count). The smallest absolute Gasteiger partial charge is 0.253 e. The average Bonchev–Trinajstić information content (AvgIpc) is 2.40. The summed E-state index contributed by atoms with van der Waals surface area (Å²) in [5.41, 5.74) is 1.87. The Balaban J connectivity index is 2.11. The minimum Gasteiger partial charge on any atom is -0.337 e. The van der Waals surface area contributed by atoms with Gasteiger partial charge in [0.25, 0.3) is 5.91 Å². The van der Waals surface area contributed by atoms with Gasteiger partial charge in [0, 0.05) is 29.7 Å². The van der Waals surface area contributed by atoms with Crippen molar-refractivity contribution in [3.05, 3.63) is 33.8 Å². The van der Waals surface area contributed by atoms with Crippen LogP contribution in [0.25, 0.3) is 0 Å². The molecule has 19 heavy (non-hydrogen) atoms. The lowest BCUT2D eigenvalue weighted by Gasteiger charge is -2.36. The van der Waals surface area contributed by atoms with E-state index >= 15 is 0 Å². The van der Waals surface area contributed by atoms with Crippen LogP contribution in [0, 0.1) is 6.92 Å². The normalized spacial score (nSPS) is 20.3. The maximum Gasteiger partial charge on any atom is 0.253 e. The summed E-state index contributed by atoms with van der Waals surface area (Å²) in [6.45, 7) is 4.11. The third-order valence-corrected chi connectivity index (χ3v) is 4.76. The molecule has 1 fully saturated rings. The van der Waals surface area contributed by atoms with Gasteiger partial charge in [-0.1, -0.05) is 15.9 Å². The van der Waals surface area contributed by atoms with Crippen LogP contribution in [0.2, 0.25) is 0 Å². The van der Waals surface area contributed by atoms with Gasteiger partial charge in [0.1, 0.15) is 0 Å². The Bertz CT molecular complexity index is 475. The molecule has 1 aliphatic heterocycles. The third kappa shape index (κ3) is 3.37. The van der Waals surface area contributed by atoms with E-state index in [9.17, 15) is 4.79 Å². The van der Waals surface area contributed by atoms with E-state index in [1.165, 1.54) is 0 Å². The molecule has 1 unspecified atom stereocenters. The number of rotatable bonds is 2. The fourth-order valence-corrected chi connectivity index (χ4v) is 2.85. The molecule has 3 nitrogen and oxygen atoms in total. The molecule has 1 heterocycles. The number of nitrogens with zero attached hydrogens (tertiary/aromatic N) is 2. The van der Waals surface area contributed by atoms with E-state index in [2.05, 4.69) is 27.9 Å². The van der Waals surface area contributed by atoms with Gasteiger partial charge in [-0.05, 0) is 57.1 Å². The van der Waals surface area contributed by atoms with Crippen molar-refractivity contribution >= 4 is 21.8 Å². The first kappa shape index (κ1) is 14.5. The van der Waals surface area contributed by atoms with Crippen molar-refractivity contribution in [2.75, 3.05) is 27.2 Å². The highest BCUT2D eigenvalue weighted by molar-refractivity contribution is 9.10. The average molecular weight is 325 g/mol. The lowest BCUT2D eigenvalue weighted by Crippen LogP contribution is -2.47. The molecule has 1 aliphatic rings. The molecular formula is C15H21BrN2O. The van der Waals surface area contributed by atoms with Gasteiger partial charge in [-0.3, -0.25) is 4.79 Å². The van der Waals surface area contributed by atoms with Crippen LogP contribution >= 0.6 is 15.9 Å². The highest BCUT2D eigenvalue weighted by Gasteiger charge is 2.25. The van der Waals surface area contributed by atoms with Crippen LogP contribution in [0.15, 0.2) is 22.7 Å². The summed E-state index contributed by atoms with van der Waals surface area (Å²) in [6.07, 6.45) is 2.26. The summed E-state index contributed by atoms with van der Waals surface area (Å²) in [5.74, 6) is 0.121. The maximum atomic E-state index is 12.5. The van der Waals surface area contributed by atoms with E-state index in [1.54, 1.807) is 0 Å². The molecule has 1 aromatic carbocycles. The molecule has 1 amide bonds. The monoisotopic (exact) mass is 324 g/mol. The summed E-state index contributed by atoms with van der Waals surface area (Å²) in [7, 11) is 4.04. The van der Waals surface area contributed by atoms with E-state index in [0.29, 0.717) is 6.04 Å². The van der Waals surface area contributed by atoms with Crippen molar-refractivity contribution in [1.29, 1.82) is 0 Å². The summed E-state index contributed by atoms with van der Waals surface area (Å²) >= 11 is 3.47. The second-order valence-corrected chi connectivity index (χ2v) is 6.29. The first-order chi connectivity index (χ1) is 8.99. The highest BCUT2D eigenvalue weighted by atomic mass is 79.9. The van der Waals surface area contributed by atoms with Crippen LogP contribution in [0.3, 0.4) is 0 Å². The maximum absolute atomic E-state index is 12.5. The standard InChI is InChI=1S/C15H21BrN2O/c1-11-9-12(6-7-14(11)16)15(19)18(3)13-5-4-8-17(2)10-13/h6-7,9,13H,4-5,8,10H2,1-3H3. The SMILES string of the molecule is Cc1cc(C(=O)N(C)C2CCCN(C)C2)ccc1Br. The predicted molar refractivity (Wildman–Crippen MR) is 81.5 cm³/mol. The molecular weight excluding hydrogens is 304 g/mol. The van der Waals surface area contributed by atoms with Gasteiger partial charge in [-0.2, -0.15) is 0 Å². The fraction of sp³-hybridized carbons (Fsp3) is 0.533. The molecule has 0 bridgehead atoms. The van der Waals surface area contributed by atoms with E-state index in [4.69, 9.17) is 0 Å². The quantitative estimate of drug-likeness (QED) is 0.835. The summed E-state index contributed by atoms with van der Waals surface area (Å²) in [5, 5.41) is 0. The van der Waals surface area contributed by atoms with Gasteiger partial charge in [0.15, 0.2) is 0 Å². The van der Waals surface area contributed by atoms with Crippen LogP contribution in [-0.4, -0.2) is 48.9 Å². The Morgan fingerprint density at radius 3 is 2.84 bits per heavy atom. The first-order valence-electron chi connectivity index (χ1n) is 6.71. The molecule has 0 aliphatic carbocycles. The number of hydrogen-bond donors (Lipinski definition) is 0. The number of benzene rings is 1. The summed E-state index contributed by atoms with van der Waals surface area (Å²) in [4.78, 5) is 16.7. The molecule has 0 saturated carbocycles. The zero-order chi connectivity index (χ0) is 14.0. The van der Waals surface area contributed by atoms with E-state index in [1.807, 2.05) is 37.1 Å². The molecule has 0 aromatic heterocycles. The Hall–Kier alpha value is -0.870. The molecule has 1 aromatic rings. The van der Waals surface area contributed by atoms with Gasteiger partial charge in [0.05, 0.1) is 0 Å². The van der Waals surface area contributed by atoms with Gasteiger partial charge >= 0.3 is 0 Å². The molecule has 104 valence electrons. The van der Waals surface area contributed by atoms with Crippen LogP contribution in [-0.2, 0) is 0 Å². The van der Waals surface area contributed by atoms with Crippen molar-refractivity contribution < 1.29 is 4.79 Å². The molecule has 0 N–H and O–H groups in total. The molecule has 0 spiro atoms. The third-order valence-electron chi connectivity index (χ3n) is 3.87. The van der Waals surface area contributed by atoms with Gasteiger partial charge in [-0.25, -0.2) is 0 Å². The number of hydrogen-bond acceptors (Lipinski definition) is 2. The van der Waals surface area contributed by atoms with Crippen LogP contribution in [0.1, 0.15) is 28.8 Å². The van der Waals surface area contributed by atoms with Crippen molar-refractivity contribution in [2.45, 2.75) is 25.8 Å². The van der Waals surface area contributed by atoms with E-state index < -0.39 is 0 Å². The largest absolute Gasteiger partial charge is 0.337 e. The summed E-state index contributed by atoms with van der Waals surface area (Å²) < 4.78 is 1.05. The van der Waals surface area contributed by atoms with Gasteiger partial charge < -0.3 is 9.80 Å². The van der Waals surface area contributed by atoms with Gasteiger partial charge in [0.2, 0.25) is 0 Å². The van der Waals surface area contributed by atoms with Crippen LogP contribution in [0.4, 0.5) is 0 Å². The minimum atomic E-state index is 0.121. The first-order valence-corrected chi connectivity index (χ1v) is 7.50. The zero-order valence-electron chi connectivity index (χ0n) is 11.8. The highest BCUT2D eigenvalue weighted by Crippen LogP contribution is 2.20. The zero-order valence-corrected chi connectivity index (χ0v) is 13.4. The van der Waals surface area contributed by atoms with Crippen LogP contribution in [0.5, 0.6) is 0 Å². The Labute approximate surface area is 123 Å². The Kier molecular flexibility index (Phi) is 4.63. The van der Waals surface area contributed by atoms with E-state index in [-0.39, 0.29) is 5.91 Å². The number of carbonyl (C=O) groups excluding carboxylic acids is 1. The Morgan fingerprint density at radius 1 is 1.47 bits per heavy atom. The number of likely N-dealkylation sites (tertiary alicyclic amines) is 1. The number of likely N-dealkylation sites (N-methyl/N-ethyl adjacent to an activating group) is 2. The van der Waals surface area contributed by atoms with Crippen molar-refractivity contribution in [1.82, 2.24) is 9.80 Å². The molecule has 0 radical (unpaired) electrons. The molecule has 1 saturated heterocycles. The summed E-state index contributed by atoms with van der Waals surface area (Å²) in [6, 6.07) is 6.12. The minimum absolute atomic E-state index is 0.121. The van der Waals surface area contributed by atoms with Crippen LogP contribution < -0.4 is 0 Å². The molecule has 4 heteroatoms. The topological polar surface area (TPSA) is 23.6 Å². The number of amides is 1. The van der Waals surface area contributed by atoms with E-state index in [0.717, 1.165) is 41.5 Å². The number of halogens is 1. The lowest BCUT2D eigenvalue weighted by atomic mass is 10.0.